The van der Waals surface area contributed by atoms with Crippen molar-refractivity contribution in [2.75, 3.05) is 20.2 Å². The summed E-state index contributed by atoms with van der Waals surface area (Å²) in [5.41, 5.74) is 9.09. The first kappa shape index (κ1) is 18.0. The summed E-state index contributed by atoms with van der Waals surface area (Å²) in [4.78, 5) is 2.50. The molecule has 1 aromatic carbocycles. The number of aryl methyl sites for hydroxylation is 1. The molecule has 1 unspecified atom stereocenters. The zero-order valence-corrected chi connectivity index (χ0v) is 14.6. The van der Waals surface area contributed by atoms with Crippen LogP contribution < -0.4 is 10.5 Å². The van der Waals surface area contributed by atoms with E-state index in [1.54, 1.807) is 7.11 Å². The minimum absolute atomic E-state index is 0.0232. The van der Waals surface area contributed by atoms with Gasteiger partial charge in [0.15, 0.2) is 0 Å². The minimum atomic E-state index is -0.0535. The largest absolute Gasteiger partial charge is 0.496 e. The Morgan fingerprint density at radius 1 is 1.14 bits per heavy atom. The average molecular weight is 292 g/mol. The van der Waals surface area contributed by atoms with Crippen molar-refractivity contribution in [1.82, 2.24) is 4.90 Å². The summed E-state index contributed by atoms with van der Waals surface area (Å²) in [6.45, 7) is 13.0. The molecule has 0 amide bonds. The molecule has 2 N–H and O–H groups in total. The topological polar surface area (TPSA) is 38.5 Å². The lowest BCUT2D eigenvalue weighted by Gasteiger charge is -2.47. The summed E-state index contributed by atoms with van der Waals surface area (Å²) >= 11 is 0. The summed E-state index contributed by atoms with van der Waals surface area (Å²) in [5, 5.41) is 0. The molecule has 0 aliphatic heterocycles. The highest BCUT2D eigenvalue weighted by Crippen LogP contribution is 2.39. The van der Waals surface area contributed by atoms with Crippen molar-refractivity contribution in [3.8, 4) is 5.75 Å². The third-order valence-corrected chi connectivity index (χ3v) is 4.92. The molecule has 0 saturated heterocycles. The lowest BCUT2D eigenvalue weighted by molar-refractivity contribution is 0.0617. The van der Waals surface area contributed by atoms with Crippen LogP contribution in [0.25, 0.3) is 0 Å². The van der Waals surface area contributed by atoms with Crippen LogP contribution in [0.2, 0.25) is 0 Å². The molecule has 1 aromatic rings. The van der Waals surface area contributed by atoms with E-state index in [4.69, 9.17) is 10.5 Å². The molecule has 0 aliphatic rings. The molecule has 0 aliphatic carbocycles. The van der Waals surface area contributed by atoms with Crippen molar-refractivity contribution in [3.63, 3.8) is 0 Å². The van der Waals surface area contributed by atoms with Crippen molar-refractivity contribution < 1.29 is 4.74 Å². The van der Waals surface area contributed by atoms with E-state index in [0.717, 1.165) is 37.2 Å². The van der Waals surface area contributed by atoms with Crippen LogP contribution in [0.5, 0.6) is 5.75 Å². The van der Waals surface area contributed by atoms with Gasteiger partial charge in [-0.25, -0.2) is 0 Å². The van der Waals surface area contributed by atoms with Gasteiger partial charge in [-0.3, -0.25) is 4.90 Å². The highest BCUT2D eigenvalue weighted by molar-refractivity contribution is 5.40. The Balaban J connectivity index is 3.35. The predicted octanol–water partition coefficient (Wildman–Crippen LogP) is 3.90. The second-order valence-corrected chi connectivity index (χ2v) is 5.71. The summed E-state index contributed by atoms with van der Waals surface area (Å²) in [6.07, 6.45) is 2.06. The molecule has 0 fully saturated rings. The number of rotatable bonds is 8. The zero-order chi connectivity index (χ0) is 16.0. The molecule has 3 heteroatoms. The van der Waals surface area contributed by atoms with Gasteiger partial charge in [-0.2, -0.15) is 0 Å². The molecule has 0 radical (unpaired) electrons. The van der Waals surface area contributed by atoms with E-state index in [9.17, 15) is 0 Å². The predicted molar refractivity (Wildman–Crippen MR) is 90.9 cm³/mol. The normalized spacial score (nSPS) is 13.5. The first-order valence-corrected chi connectivity index (χ1v) is 8.15. The summed E-state index contributed by atoms with van der Waals surface area (Å²) in [5.74, 6) is 0.895. The standard InChI is InChI=1S/C18H32N2O/c1-7-18(8-2,20(9-3)10-4)17(19)15-13-14(5)11-12-16(15)21-6/h11-13,17H,7-10,19H2,1-6H3. The van der Waals surface area contributed by atoms with E-state index in [1.807, 2.05) is 6.07 Å². The van der Waals surface area contributed by atoms with Gasteiger partial charge >= 0.3 is 0 Å². The Kier molecular flexibility index (Phi) is 6.69. The number of nitrogens with zero attached hydrogens (tertiary/aromatic N) is 1. The second kappa shape index (κ2) is 7.81. The Labute approximate surface area is 130 Å². The number of benzene rings is 1. The maximum absolute atomic E-state index is 6.77. The van der Waals surface area contributed by atoms with Crippen LogP contribution in [-0.2, 0) is 0 Å². The van der Waals surface area contributed by atoms with Crippen molar-refractivity contribution in [3.05, 3.63) is 29.3 Å². The molecule has 3 nitrogen and oxygen atoms in total. The van der Waals surface area contributed by atoms with Crippen LogP contribution in [0, 0.1) is 6.92 Å². The number of hydrogen-bond acceptors (Lipinski definition) is 3. The molecule has 0 aromatic heterocycles. The molecule has 0 bridgehead atoms. The first-order chi connectivity index (χ1) is 10.00. The Morgan fingerprint density at radius 2 is 1.71 bits per heavy atom. The van der Waals surface area contributed by atoms with E-state index in [2.05, 4.69) is 51.7 Å². The first-order valence-electron chi connectivity index (χ1n) is 8.15. The number of hydrogen-bond donors (Lipinski definition) is 1. The lowest BCUT2D eigenvalue weighted by atomic mass is 9.79. The maximum atomic E-state index is 6.77. The van der Waals surface area contributed by atoms with E-state index >= 15 is 0 Å². The fourth-order valence-corrected chi connectivity index (χ4v) is 3.57. The van der Waals surface area contributed by atoms with E-state index < -0.39 is 0 Å². The molecule has 21 heavy (non-hydrogen) atoms. The molecule has 1 rings (SSSR count). The smallest absolute Gasteiger partial charge is 0.123 e. The monoisotopic (exact) mass is 292 g/mol. The molecule has 0 spiro atoms. The van der Waals surface area contributed by atoms with Crippen LogP contribution in [0.3, 0.4) is 0 Å². The van der Waals surface area contributed by atoms with Gasteiger partial charge in [0.1, 0.15) is 5.75 Å². The fraction of sp³-hybridized carbons (Fsp3) is 0.667. The van der Waals surface area contributed by atoms with Crippen LogP contribution in [0.1, 0.15) is 57.7 Å². The van der Waals surface area contributed by atoms with Crippen LogP contribution >= 0.6 is 0 Å². The molecule has 0 saturated carbocycles. The van der Waals surface area contributed by atoms with Crippen LogP contribution in [0.15, 0.2) is 18.2 Å². The molecule has 1 atom stereocenters. The summed E-state index contributed by atoms with van der Waals surface area (Å²) < 4.78 is 5.55. The number of ether oxygens (including phenoxy) is 1. The van der Waals surface area contributed by atoms with E-state index in [0.29, 0.717) is 0 Å². The van der Waals surface area contributed by atoms with Gasteiger partial charge in [0.05, 0.1) is 13.2 Å². The summed E-state index contributed by atoms with van der Waals surface area (Å²) in [7, 11) is 1.72. The van der Waals surface area contributed by atoms with Gasteiger partial charge in [-0.1, -0.05) is 45.4 Å². The molecule has 0 heterocycles. The lowest BCUT2D eigenvalue weighted by Crippen LogP contribution is -2.54. The zero-order valence-electron chi connectivity index (χ0n) is 14.6. The van der Waals surface area contributed by atoms with E-state index in [1.165, 1.54) is 5.56 Å². The second-order valence-electron chi connectivity index (χ2n) is 5.71. The third-order valence-electron chi connectivity index (χ3n) is 4.92. The van der Waals surface area contributed by atoms with Crippen LogP contribution in [-0.4, -0.2) is 30.6 Å². The van der Waals surface area contributed by atoms with Crippen molar-refractivity contribution in [2.24, 2.45) is 5.73 Å². The highest BCUT2D eigenvalue weighted by Gasteiger charge is 2.39. The maximum Gasteiger partial charge on any atom is 0.123 e. The van der Waals surface area contributed by atoms with Gasteiger partial charge in [0.25, 0.3) is 0 Å². The van der Waals surface area contributed by atoms with Gasteiger partial charge in [0.2, 0.25) is 0 Å². The molecular formula is C18H32N2O. The fourth-order valence-electron chi connectivity index (χ4n) is 3.57. The molecular weight excluding hydrogens is 260 g/mol. The van der Waals surface area contributed by atoms with Gasteiger partial charge in [0, 0.05) is 11.1 Å². The van der Waals surface area contributed by atoms with Gasteiger partial charge in [-0.15, -0.1) is 0 Å². The van der Waals surface area contributed by atoms with Gasteiger partial charge in [-0.05, 0) is 38.9 Å². The van der Waals surface area contributed by atoms with Crippen molar-refractivity contribution in [1.29, 1.82) is 0 Å². The van der Waals surface area contributed by atoms with Gasteiger partial charge < -0.3 is 10.5 Å². The van der Waals surface area contributed by atoms with Crippen molar-refractivity contribution in [2.45, 2.75) is 59.0 Å². The minimum Gasteiger partial charge on any atom is -0.496 e. The number of likely N-dealkylation sites (N-methyl/N-ethyl adjacent to an activating group) is 1. The Bertz CT molecular complexity index is 437. The van der Waals surface area contributed by atoms with Crippen LogP contribution in [0.4, 0.5) is 0 Å². The quantitative estimate of drug-likeness (QED) is 0.789. The summed E-state index contributed by atoms with van der Waals surface area (Å²) in [6, 6.07) is 6.23. The number of nitrogens with two attached hydrogens (primary N) is 1. The van der Waals surface area contributed by atoms with Crippen molar-refractivity contribution >= 4 is 0 Å². The average Bonchev–Trinajstić information content (AvgIpc) is 2.52. The Morgan fingerprint density at radius 3 is 2.14 bits per heavy atom. The Hall–Kier alpha value is -1.06. The highest BCUT2D eigenvalue weighted by atomic mass is 16.5. The number of methoxy groups -OCH3 is 1. The third kappa shape index (κ3) is 3.41. The molecule has 120 valence electrons. The SMILES string of the molecule is CCN(CC)C(CC)(CC)C(N)c1cc(C)ccc1OC. The van der Waals surface area contributed by atoms with E-state index in [-0.39, 0.29) is 11.6 Å².